The van der Waals surface area contributed by atoms with Crippen LogP contribution in [0.4, 0.5) is 5.69 Å². The summed E-state index contributed by atoms with van der Waals surface area (Å²) in [6, 6.07) is 14.0. The zero-order valence-corrected chi connectivity index (χ0v) is 16.5. The molecule has 1 aromatic heterocycles. The van der Waals surface area contributed by atoms with Gasteiger partial charge in [-0.25, -0.2) is 0 Å². The van der Waals surface area contributed by atoms with E-state index in [1.54, 1.807) is 18.1 Å². The number of thioether (sulfide) groups is 2. The molecule has 0 radical (unpaired) electrons. The molecule has 0 spiro atoms. The smallest absolute Gasteiger partial charge is 0.234 e. The Kier molecular flexibility index (Phi) is 6.00. The van der Waals surface area contributed by atoms with Gasteiger partial charge >= 0.3 is 0 Å². The van der Waals surface area contributed by atoms with Crippen molar-refractivity contribution >= 4 is 35.1 Å². The van der Waals surface area contributed by atoms with Crippen LogP contribution in [0.3, 0.4) is 0 Å². The molecule has 0 bridgehead atoms. The molecule has 3 aromatic rings. The lowest BCUT2D eigenvalue weighted by atomic mass is 10.1. The molecule has 0 unspecified atom stereocenters. The van der Waals surface area contributed by atoms with Crippen molar-refractivity contribution < 1.29 is 4.79 Å². The van der Waals surface area contributed by atoms with Crippen molar-refractivity contribution in [1.82, 2.24) is 14.8 Å². The first-order valence-corrected chi connectivity index (χ1v) is 10.3. The fraction of sp³-hybridized carbons (Fsp3) is 0.211. The van der Waals surface area contributed by atoms with Crippen LogP contribution in [0.2, 0.25) is 0 Å². The van der Waals surface area contributed by atoms with Crippen LogP contribution in [0.5, 0.6) is 0 Å². The summed E-state index contributed by atoms with van der Waals surface area (Å²) in [7, 11) is 0. The number of aryl methyl sites for hydroxylation is 2. The molecular weight excluding hydrogens is 364 g/mol. The maximum atomic E-state index is 12.3. The first-order valence-electron chi connectivity index (χ1n) is 8.11. The third-order valence-electron chi connectivity index (χ3n) is 3.81. The highest BCUT2D eigenvalue weighted by Gasteiger charge is 2.12. The number of nitrogens with zero attached hydrogens (tertiary/aromatic N) is 3. The standard InChI is InChI=1S/C19H20N4OS2/c1-13-7-8-17(14(2)9-13)23-12-20-22-19(23)26-11-18(24)21-15-5-4-6-16(10-15)25-3/h4-10,12H,11H2,1-3H3,(H,21,24). The van der Waals surface area contributed by atoms with E-state index >= 15 is 0 Å². The van der Waals surface area contributed by atoms with Gasteiger partial charge in [-0.05, 0) is 49.9 Å². The van der Waals surface area contributed by atoms with E-state index in [0.29, 0.717) is 5.16 Å². The van der Waals surface area contributed by atoms with Crippen molar-refractivity contribution in [2.45, 2.75) is 23.9 Å². The van der Waals surface area contributed by atoms with Gasteiger partial charge in [-0.15, -0.1) is 22.0 Å². The topological polar surface area (TPSA) is 59.8 Å². The van der Waals surface area contributed by atoms with Crippen LogP contribution in [-0.4, -0.2) is 32.7 Å². The normalized spacial score (nSPS) is 10.7. The summed E-state index contributed by atoms with van der Waals surface area (Å²) in [6.07, 6.45) is 3.69. The second-order valence-electron chi connectivity index (χ2n) is 5.84. The Balaban J connectivity index is 1.67. The van der Waals surface area contributed by atoms with Crippen LogP contribution in [-0.2, 0) is 4.79 Å². The second kappa shape index (κ2) is 8.42. The van der Waals surface area contributed by atoms with Crippen molar-refractivity contribution in [3.63, 3.8) is 0 Å². The van der Waals surface area contributed by atoms with Gasteiger partial charge in [-0.2, -0.15) is 0 Å². The number of hydrogen-bond acceptors (Lipinski definition) is 5. The Morgan fingerprint density at radius 3 is 2.81 bits per heavy atom. The first-order chi connectivity index (χ1) is 12.6. The SMILES string of the molecule is CSc1cccc(NC(=O)CSc2nncn2-c2ccc(C)cc2C)c1. The van der Waals surface area contributed by atoms with Crippen LogP contribution in [0.15, 0.2) is 58.8 Å². The highest BCUT2D eigenvalue weighted by Crippen LogP contribution is 2.23. The van der Waals surface area contributed by atoms with Crippen molar-refractivity contribution in [1.29, 1.82) is 0 Å². The van der Waals surface area contributed by atoms with E-state index in [1.807, 2.05) is 41.2 Å². The first kappa shape index (κ1) is 18.5. The number of anilines is 1. The maximum absolute atomic E-state index is 12.3. The minimum atomic E-state index is -0.0663. The lowest BCUT2D eigenvalue weighted by Crippen LogP contribution is -2.14. The van der Waals surface area contributed by atoms with Gasteiger partial charge in [0, 0.05) is 10.6 Å². The molecular formula is C19H20N4OS2. The summed E-state index contributed by atoms with van der Waals surface area (Å²) in [5.41, 5.74) is 4.18. The quantitative estimate of drug-likeness (QED) is 0.641. The number of benzene rings is 2. The summed E-state index contributed by atoms with van der Waals surface area (Å²) in [4.78, 5) is 13.4. The predicted octanol–water partition coefficient (Wildman–Crippen LogP) is 4.34. The maximum Gasteiger partial charge on any atom is 0.234 e. The number of carbonyl (C=O) groups is 1. The van der Waals surface area contributed by atoms with Crippen LogP contribution >= 0.6 is 23.5 Å². The summed E-state index contributed by atoms with van der Waals surface area (Å²) < 4.78 is 1.92. The molecule has 1 N–H and O–H groups in total. The zero-order valence-electron chi connectivity index (χ0n) is 14.9. The molecule has 1 heterocycles. The Bertz CT molecular complexity index is 923. The van der Waals surface area contributed by atoms with Gasteiger partial charge < -0.3 is 5.32 Å². The number of aromatic nitrogens is 3. The predicted molar refractivity (Wildman–Crippen MR) is 108 cm³/mol. The lowest BCUT2D eigenvalue weighted by molar-refractivity contribution is -0.113. The number of hydrogen-bond donors (Lipinski definition) is 1. The summed E-state index contributed by atoms with van der Waals surface area (Å²) >= 11 is 3.02. The molecule has 26 heavy (non-hydrogen) atoms. The fourth-order valence-electron chi connectivity index (χ4n) is 2.59. The minimum absolute atomic E-state index is 0.0663. The third kappa shape index (κ3) is 4.47. The van der Waals surface area contributed by atoms with Crippen LogP contribution in [0, 0.1) is 13.8 Å². The van der Waals surface area contributed by atoms with Crippen LogP contribution in [0.25, 0.3) is 5.69 Å². The van der Waals surface area contributed by atoms with Gasteiger partial charge in [-0.1, -0.05) is 35.5 Å². The van der Waals surface area contributed by atoms with Gasteiger partial charge in [0.15, 0.2) is 5.16 Å². The summed E-state index contributed by atoms with van der Waals surface area (Å²) in [6.45, 7) is 4.12. The van der Waals surface area contributed by atoms with E-state index < -0.39 is 0 Å². The Morgan fingerprint density at radius 1 is 1.19 bits per heavy atom. The van der Waals surface area contributed by atoms with Crippen molar-refractivity contribution in [2.24, 2.45) is 0 Å². The van der Waals surface area contributed by atoms with Crippen molar-refractivity contribution in [3.05, 3.63) is 59.9 Å². The highest BCUT2D eigenvalue weighted by atomic mass is 32.2. The summed E-state index contributed by atoms with van der Waals surface area (Å²) in [5, 5.41) is 11.8. The van der Waals surface area contributed by atoms with Gasteiger partial charge in [-0.3, -0.25) is 9.36 Å². The average molecular weight is 385 g/mol. The second-order valence-corrected chi connectivity index (χ2v) is 7.66. The van der Waals surface area contributed by atoms with Crippen LogP contribution in [0.1, 0.15) is 11.1 Å². The highest BCUT2D eigenvalue weighted by molar-refractivity contribution is 7.99. The molecule has 0 aliphatic heterocycles. The van der Waals surface area contributed by atoms with E-state index in [2.05, 4.69) is 41.5 Å². The monoisotopic (exact) mass is 384 g/mol. The third-order valence-corrected chi connectivity index (χ3v) is 5.48. The van der Waals surface area contributed by atoms with E-state index in [4.69, 9.17) is 0 Å². The largest absolute Gasteiger partial charge is 0.325 e. The van der Waals surface area contributed by atoms with Crippen molar-refractivity contribution in [2.75, 3.05) is 17.3 Å². The molecule has 134 valence electrons. The molecule has 1 amide bonds. The van der Waals surface area contributed by atoms with Crippen molar-refractivity contribution in [3.8, 4) is 5.69 Å². The Labute approximate surface area is 161 Å². The number of amides is 1. The number of nitrogens with one attached hydrogen (secondary N) is 1. The zero-order chi connectivity index (χ0) is 18.5. The van der Waals surface area contributed by atoms with E-state index in [0.717, 1.165) is 21.8 Å². The molecule has 0 saturated carbocycles. The van der Waals surface area contributed by atoms with Gasteiger partial charge in [0.1, 0.15) is 6.33 Å². The van der Waals surface area contributed by atoms with E-state index in [-0.39, 0.29) is 11.7 Å². The summed E-state index contributed by atoms with van der Waals surface area (Å²) in [5.74, 6) is 0.205. The van der Waals surface area contributed by atoms with E-state index in [1.165, 1.54) is 17.3 Å². The van der Waals surface area contributed by atoms with Gasteiger partial charge in [0.25, 0.3) is 0 Å². The fourth-order valence-corrected chi connectivity index (χ4v) is 3.77. The van der Waals surface area contributed by atoms with Crippen LogP contribution < -0.4 is 5.32 Å². The Morgan fingerprint density at radius 2 is 2.04 bits per heavy atom. The molecule has 0 aliphatic carbocycles. The average Bonchev–Trinajstić information content (AvgIpc) is 3.08. The molecule has 0 atom stereocenters. The molecule has 2 aromatic carbocycles. The molecule has 3 rings (SSSR count). The Hall–Kier alpha value is -2.25. The van der Waals surface area contributed by atoms with Gasteiger partial charge in [0.2, 0.25) is 5.91 Å². The number of rotatable bonds is 6. The molecule has 0 fully saturated rings. The number of carbonyl (C=O) groups excluding carboxylic acids is 1. The minimum Gasteiger partial charge on any atom is -0.325 e. The molecule has 0 aliphatic rings. The lowest BCUT2D eigenvalue weighted by Gasteiger charge is -2.10. The van der Waals surface area contributed by atoms with Gasteiger partial charge in [0.05, 0.1) is 11.4 Å². The molecule has 5 nitrogen and oxygen atoms in total. The van der Waals surface area contributed by atoms with E-state index in [9.17, 15) is 4.79 Å². The molecule has 7 heteroatoms. The molecule has 0 saturated heterocycles.